The molecule has 1 aliphatic heterocycles. The number of hydrogen-bond donors (Lipinski definition) is 0. The van der Waals surface area contributed by atoms with E-state index in [2.05, 4.69) is 16.7 Å². The van der Waals surface area contributed by atoms with Crippen LogP contribution in [0.15, 0.2) is 6.20 Å². The van der Waals surface area contributed by atoms with Crippen molar-refractivity contribution in [3.05, 3.63) is 17.5 Å². The normalized spacial score (nSPS) is 22.3. The van der Waals surface area contributed by atoms with Gasteiger partial charge in [0, 0.05) is 13.7 Å². The van der Waals surface area contributed by atoms with E-state index in [1.165, 1.54) is 17.7 Å². The molecular weight excluding hydrogens is 152 g/mol. The molecule has 1 aromatic rings. The first-order valence-corrected chi connectivity index (χ1v) is 4.38. The maximum absolute atomic E-state index is 5.40. The van der Waals surface area contributed by atoms with Crippen LogP contribution in [0.3, 0.4) is 0 Å². The van der Waals surface area contributed by atoms with Crippen molar-refractivity contribution in [3.8, 4) is 0 Å². The van der Waals surface area contributed by atoms with Gasteiger partial charge in [0.25, 0.3) is 0 Å². The van der Waals surface area contributed by atoms with Crippen molar-refractivity contribution < 1.29 is 4.74 Å². The molecule has 0 saturated heterocycles. The van der Waals surface area contributed by atoms with E-state index in [9.17, 15) is 0 Å². The Kier molecular flexibility index (Phi) is 1.89. The van der Waals surface area contributed by atoms with Crippen LogP contribution < -0.4 is 0 Å². The average Bonchev–Trinajstić information content (AvgIpc) is 2.48. The number of nitrogens with zero attached hydrogens (tertiary/aromatic N) is 2. The Balaban J connectivity index is 2.41. The molecule has 0 bridgehead atoms. The third-order valence-corrected chi connectivity index (χ3v) is 2.50. The predicted molar refractivity (Wildman–Crippen MR) is 45.9 cm³/mol. The molecular formula is C9H14N2O. The van der Waals surface area contributed by atoms with Crippen molar-refractivity contribution in [1.82, 2.24) is 9.78 Å². The van der Waals surface area contributed by atoms with Gasteiger partial charge in [-0.1, -0.05) is 0 Å². The number of rotatable bonds is 1. The van der Waals surface area contributed by atoms with Crippen molar-refractivity contribution in [2.45, 2.75) is 32.4 Å². The Morgan fingerprint density at radius 1 is 1.67 bits per heavy atom. The van der Waals surface area contributed by atoms with Gasteiger partial charge in [0.1, 0.15) is 0 Å². The quantitative estimate of drug-likeness (QED) is 0.634. The van der Waals surface area contributed by atoms with E-state index < -0.39 is 0 Å². The van der Waals surface area contributed by atoms with Crippen LogP contribution in [0.4, 0.5) is 0 Å². The molecule has 2 heterocycles. The number of aromatic nitrogens is 2. The lowest BCUT2D eigenvalue weighted by molar-refractivity contribution is 0.0730. The molecule has 12 heavy (non-hydrogen) atoms. The highest BCUT2D eigenvalue weighted by Crippen LogP contribution is 2.29. The Bertz CT molecular complexity index is 280. The molecule has 3 nitrogen and oxygen atoms in total. The van der Waals surface area contributed by atoms with Crippen LogP contribution in [0.1, 0.15) is 30.2 Å². The van der Waals surface area contributed by atoms with Crippen molar-refractivity contribution in [2.24, 2.45) is 0 Å². The van der Waals surface area contributed by atoms with Gasteiger partial charge < -0.3 is 4.74 Å². The lowest BCUT2D eigenvalue weighted by Crippen LogP contribution is -2.18. The van der Waals surface area contributed by atoms with Crippen LogP contribution in [-0.4, -0.2) is 16.9 Å². The minimum Gasteiger partial charge on any atom is -0.375 e. The molecule has 0 N–H and O–H groups in total. The van der Waals surface area contributed by atoms with E-state index in [1.807, 2.05) is 6.20 Å². The Morgan fingerprint density at radius 2 is 2.50 bits per heavy atom. The second-order valence-corrected chi connectivity index (χ2v) is 3.30. The number of methoxy groups -OCH3 is 1. The predicted octanol–water partition coefficient (Wildman–Crippen LogP) is 1.67. The minimum absolute atomic E-state index is 0.265. The van der Waals surface area contributed by atoms with Gasteiger partial charge in [-0.3, -0.25) is 4.68 Å². The van der Waals surface area contributed by atoms with Gasteiger partial charge >= 0.3 is 0 Å². The summed E-state index contributed by atoms with van der Waals surface area (Å²) in [4.78, 5) is 0. The molecule has 0 fully saturated rings. The first-order chi connectivity index (χ1) is 5.83. The molecule has 1 aliphatic rings. The summed E-state index contributed by atoms with van der Waals surface area (Å²) in [5.74, 6) is 0. The smallest absolute Gasteiger partial charge is 0.0991 e. The first-order valence-electron chi connectivity index (χ1n) is 4.38. The van der Waals surface area contributed by atoms with Crippen LogP contribution in [0.2, 0.25) is 0 Å². The Labute approximate surface area is 72.3 Å². The fraction of sp³-hybridized carbons (Fsp3) is 0.667. The minimum atomic E-state index is 0.265. The molecule has 0 spiro atoms. The third-order valence-electron chi connectivity index (χ3n) is 2.50. The van der Waals surface area contributed by atoms with Crippen molar-refractivity contribution in [1.29, 1.82) is 0 Å². The van der Waals surface area contributed by atoms with Crippen molar-refractivity contribution >= 4 is 0 Å². The standard InChI is InChI=1S/C9H14N2O/c1-7-6-10-11-5-3-4-8(12-2)9(7)11/h6,8H,3-5H2,1-2H3/t8-/m0/s1. The van der Waals surface area contributed by atoms with Gasteiger partial charge in [-0.05, 0) is 25.3 Å². The molecule has 0 aliphatic carbocycles. The lowest BCUT2D eigenvalue weighted by atomic mass is 10.0. The highest BCUT2D eigenvalue weighted by molar-refractivity contribution is 5.19. The van der Waals surface area contributed by atoms with Crippen molar-refractivity contribution in [3.63, 3.8) is 0 Å². The summed E-state index contributed by atoms with van der Waals surface area (Å²) in [6, 6.07) is 0. The lowest BCUT2D eigenvalue weighted by Gasteiger charge is -2.23. The fourth-order valence-corrected chi connectivity index (χ4v) is 1.88. The molecule has 0 aromatic carbocycles. The number of fused-ring (bicyclic) bond motifs is 1. The molecule has 1 atom stereocenters. The van der Waals surface area contributed by atoms with E-state index in [1.54, 1.807) is 7.11 Å². The average molecular weight is 166 g/mol. The summed E-state index contributed by atoms with van der Waals surface area (Å²) < 4.78 is 7.46. The van der Waals surface area contributed by atoms with Crippen LogP contribution >= 0.6 is 0 Å². The Morgan fingerprint density at radius 3 is 3.25 bits per heavy atom. The largest absolute Gasteiger partial charge is 0.375 e. The maximum Gasteiger partial charge on any atom is 0.0991 e. The summed E-state index contributed by atoms with van der Waals surface area (Å²) in [6.07, 6.45) is 4.49. The SMILES string of the molecule is CO[C@H]1CCCn2ncc(C)c21. The zero-order valence-corrected chi connectivity index (χ0v) is 7.58. The van der Waals surface area contributed by atoms with E-state index >= 15 is 0 Å². The van der Waals surface area contributed by atoms with Gasteiger partial charge in [-0.25, -0.2) is 0 Å². The van der Waals surface area contributed by atoms with E-state index in [0.717, 1.165) is 13.0 Å². The topological polar surface area (TPSA) is 27.1 Å². The fourth-order valence-electron chi connectivity index (χ4n) is 1.88. The molecule has 3 heteroatoms. The zero-order chi connectivity index (χ0) is 8.55. The molecule has 2 rings (SSSR count). The van der Waals surface area contributed by atoms with Crippen LogP contribution in [0.25, 0.3) is 0 Å². The summed E-state index contributed by atoms with van der Waals surface area (Å²) in [5.41, 5.74) is 2.52. The van der Waals surface area contributed by atoms with Crippen LogP contribution in [0, 0.1) is 6.92 Å². The highest BCUT2D eigenvalue weighted by Gasteiger charge is 2.22. The summed E-state index contributed by atoms with van der Waals surface area (Å²) in [6.45, 7) is 3.14. The third kappa shape index (κ3) is 1.05. The monoisotopic (exact) mass is 166 g/mol. The van der Waals surface area contributed by atoms with E-state index in [-0.39, 0.29) is 6.10 Å². The molecule has 0 amide bonds. The van der Waals surface area contributed by atoms with E-state index in [0.29, 0.717) is 0 Å². The zero-order valence-electron chi connectivity index (χ0n) is 7.58. The van der Waals surface area contributed by atoms with Crippen molar-refractivity contribution in [2.75, 3.05) is 7.11 Å². The molecule has 0 unspecified atom stereocenters. The number of ether oxygens (including phenoxy) is 1. The summed E-state index contributed by atoms with van der Waals surface area (Å²) in [5, 5.41) is 4.29. The number of aryl methyl sites for hydroxylation is 2. The van der Waals surface area contributed by atoms with Gasteiger partial charge in [-0.15, -0.1) is 0 Å². The van der Waals surface area contributed by atoms with Gasteiger partial charge in [0.2, 0.25) is 0 Å². The molecule has 0 saturated carbocycles. The van der Waals surface area contributed by atoms with Gasteiger partial charge in [-0.2, -0.15) is 5.10 Å². The first kappa shape index (κ1) is 7.80. The molecule has 66 valence electrons. The second-order valence-electron chi connectivity index (χ2n) is 3.30. The van der Waals surface area contributed by atoms with E-state index in [4.69, 9.17) is 4.74 Å². The second kappa shape index (κ2) is 2.90. The summed E-state index contributed by atoms with van der Waals surface area (Å²) >= 11 is 0. The molecule has 1 aromatic heterocycles. The highest BCUT2D eigenvalue weighted by atomic mass is 16.5. The summed E-state index contributed by atoms with van der Waals surface area (Å²) in [7, 11) is 1.77. The van der Waals surface area contributed by atoms with Gasteiger partial charge in [0.05, 0.1) is 18.0 Å². The molecule has 0 radical (unpaired) electrons. The van der Waals surface area contributed by atoms with Gasteiger partial charge in [0.15, 0.2) is 0 Å². The Hall–Kier alpha value is -0.830. The van der Waals surface area contributed by atoms with Crippen LogP contribution in [0.5, 0.6) is 0 Å². The van der Waals surface area contributed by atoms with Crippen LogP contribution in [-0.2, 0) is 11.3 Å². The number of hydrogen-bond acceptors (Lipinski definition) is 2. The maximum atomic E-state index is 5.40.